The van der Waals surface area contributed by atoms with Gasteiger partial charge in [-0.1, -0.05) is 78.9 Å². The van der Waals surface area contributed by atoms with E-state index in [-0.39, 0.29) is 0 Å². The van der Waals surface area contributed by atoms with Crippen molar-refractivity contribution in [3.8, 4) is 33.8 Å². The van der Waals surface area contributed by atoms with Crippen LogP contribution in [0.4, 0.5) is 0 Å². The predicted octanol–water partition coefficient (Wildman–Crippen LogP) is 7.69. The number of rotatable bonds is 3. The summed E-state index contributed by atoms with van der Waals surface area (Å²) < 4.78 is 6.24. The van der Waals surface area contributed by atoms with Crippen LogP contribution >= 0.6 is 0 Å². The molecule has 0 spiro atoms. The molecule has 2 heterocycles. The summed E-state index contributed by atoms with van der Waals surface area (Å²) in [5.74, 6) is 0.714. The Hall–Kier alpha value is -4.24. The average Bonchev–Trinajstić information content (AvgIpc) is 3.23. The van der Waals surface area contributed by atoms with Crippen LogP contribution in [-0.4, -0.2) is 9.97 Å². The Bertz CT molecular complexity index is 1580. The third-order valence-corrected chi connectivity index (χ3v) is 5.76. The van der Waals surface area contributed by atoms with Gasteiger partial charge in [0, 0.05) is 27.6 Å². The van der Waals surface area contributed by atoms with E-state index in [1.165, 1.54) is 5.56 Å². The number of benzene rings is 4. The van der Waals surface area contributed by atoms with Crippen molar-refractivity contribution in [2.24, 2.45) is 0 Å². The SMILES string of the molecule is Cc1cc(-c2cccc3c2oc2ccccc23)nc(-c2cccc(-c3ccccc3)c2)n1. The van der Waals surface area contributed by atoms with Crippen molar-refractivity contribution in [2.75, 3.05) is 0 Å². The lowest BCUT2D eigenvalue weighted by atomic mass is 10.0. The summed E-state index contributed by atoms with van der Waals surface area (Å²) >= 11 is 0. The van der Waals surface area contributed by atoms with Crippen molar-refractivity contribution in [1.29, 1.82) is 0 Å². The zero-order valence-electron chi connectivity index (χ0n) is 17.6. The second kappa shape index (κ2) is 7.47. The first-order valence-electron chi connectivity index (χ1n) is 10.7. The van der Waals surface area contributed by atoms with Gasteiger partial charge in [0.05, 0.1) is 5.69 Å². The summed E-state index contributed by atoms with van der Waals surface area (Å²) in [7, 11) is 0. The molecule has 0 saturated heterocycles. The maximum Gasteiger partial charge on any atom is 0.160 e. The molecule has 0 N–H and O–H groups in total. The number of furan rings is 1. The Morgan fingerprint density at radius 3 is 2.22 bits per heavy atom. The van der Waals surface area contributed by atoms with Gasteiger partial charge >= 0.3 is 0 Å². The Balaban J connectivity index is 1.51. The molecule has 0 unspecified atom stereocenters. The number of nitrogens with zero attached hydrogens (tertiary/aromatic N) is 2. The Morgan fingerprint density at radius 1 is 0.594 bits per heavy atom. The molecule has 2 aromatic heterocycles. The van der Waals surface area contributed by atoms with Crippen molar-refractivity contribution in [3.63, 3.8) is 0 Å². The van der Waals surface area contributed by atoms with Crippen molar-refractivity contribution in [1.82, 2.24) is 9.97 Å². The highest BCUT2D eigenvalue weighted by Crippen LogP contribution is 2.35. The molecule has 4 aromatic carbocycles. The van der Waals surface area contributed by atoms with Gasteiger partial charge in [0.15, 0.2) is 5.82 Å². The lowest BCUT2D eigenvalue weighted by molar-refractivity contribution is 0.670. The smallest absolute Gasteiger partial charge is 0.160 e. The normalized spacial score (nSPS) is 11.3. The number of aryl methyl sites for hydroxylation is 1. The monoisotopic (exact) mass is 412 g/mol. The predicted molar refractivity (Wildman–Crippen MR) is 130 cm³/mol. The summed E-state index contributed by atoms with van der Waals surface area (Å²) in [6.45, 7) is 2.01. The Kier molecular flexibility index (Phi) is 4.32. The lowest BCUT2D eigenvalue weighted by Gasteiger charge is -2.09. The van der Waals surface area contributed by atoms with E-state index in [0.717, 1.165) is 50.0 Å². The van der Waals surface area contributed by atoms with E-state index >= 15 is 0 Å². The van der Waals surface area contributed by atoms with Crippen molar-refractivity contribution in [3.05, 3.63) is 109 Å². The molecular weight excluding hydrogens is 392 g/mol. The largest absolute Gasteiger partial charge is 0.455 e. The van der Waals surface area contributed by atoms with Crippen LogP contribution in [0, 0.1) is 6.92 Å². The number of hydrogen-bond acceptors (Lipinski definition) is 3. The van der Waals surface area contributed by atoms with Gasteiger partial charge in [0.1, 0.15) is 11.2 Å². The minimum Gasteiger partial charge on any atom is -0.455 e. The standard InChI is InChI=1S/C29H20N2O/c1-19-17-26(25-15-8-14-24-23-13-5-6-16-27(23)32-28(24)25)31-29(30-19)22-12-7-11-21(18-22)20-9-3-2-4-10-20/h2-18H,1H3. The van der Waals surface area contributed by atoms with Crippen molar-refractivity contribution in [2.45, 2.75) is 6.92 Å². The molecule has 6 rings (SSSR count). The minimum absolute atomic E-state index is 0.714. The van der Waals surface area contributed by atoms with Gasteiger partial charge in [0.2, 0.25) is 0 Å². The van der Waals surface area contributed by atoms with Gasteiger partial charge in [0.25, 0.3) is 0 Å². The van der Waals surface area contributed by atoms with Crippen LogP contribution in [-0.2, 0) is 0 Å². The third kappa shape index (κ3) is 3.15. The molecule has 0 aliphatic rings. The second-order valence-electron chi connectivity index (χ2n) is 7.95. The second-order valence-corrected chi connectivity index (χ2v) is 7.95. The van der Waals surface area contributed by atoms with E-state index < -0.39 is 0 Å². The van der Waals surface area contributed by atoms with E-state index in [1.54, 1.807) is 0 Å². The minimum atomic E-state index is 0.714. The van der Waals surface area contributed by atoms with Crippen LogP contribution in [0.15, 0.2) is 108 Å². The van der Waals surface area contributed by atoms with Crippen LogP contribution in [0.1, 0.15) is 5.69 Å². The zero-order chi connectivity index (χ0) is 21.5. The van der Waals surface area contributed by atoms with Crippen LogP contribution in [0.25, 0.3) is 55.7 Å². The molecular formula is C29H20N2O. The lowest BCUT2D eigenvalue weighted by Crippen LogP contribution is -1.95. The summed E-state index contributed by atoms with van der Waals surface area (Å²) in [6.07, 6.45) is 0. The van der Waals surface area contributed by atoms with E-state index in [2.05, 4.69) is 72.8 Å². The number of para-hydroxylation sites is 2. The van der Waals surface area contributed by atoms with E-state index in [0.29, 0.717) is 5.82 Å². The Labute approximate surface area is 186 Å². The summed E-state index contributed by atoms with van der Waals surface area (Å²) in [5.41, 5.74) is 7.82. The first kappa shape index (κ1) is 18.5. The van der Waals surface area contributed by atoms with E-state index in [1.807, 2.05) is 37.3 Å². The van der Waals surface area contributed by atoms with Gasteiger partial charge in [-0.15, -0.1) is 0 Å². The fraction of sp³-hybridized carbons (Fsp3) is 0.0345. The van der Waals surface area contributed by atoms with Crippen molar-refractivity contribution < 1.29 is 4.42 Å². The molecule has 3 nitrogen and oxygen atoms in total. The Morgan fingerprint density at radius 2 is 1.31 bits per heavy atom. The molecule has 3 heteroatoms. The summed E-state index contributed by atoms with van der Waals surface area (Å²) in [5, 5.41) is 2.22. The molecule has 0 bridgehead atoms. The van der Waals surface area contributed by atoms with Gasteiger partial charge in [-0.2, -0.15) is 0 Å². The summed E-state index contributed by atoms with van der Waals surface area (Å²) in [6, 6.07) is 35.1. The van der Waals surface area contributed by atoms with Gasteiger partial charge in [-0.05, 0) is 42.3 Å². The topological polar surface area (TPSA) is 38.9 Å². The highest BCUT2D eigenvalue weighted by molar-refractivity contribution is 6.09. The zero-order valence-corrected chi connectivity index (χ0v) is 17.6. The highest BCUT2D eigenvalue weighted by Gasteiger charge is 2.15. The molecule has 6 aromatic rings. The van der Waals surface area contributed by atoms with Crippen LogP contribution in [0.3, 0.4) is 0 Å². The molecule has 0 saturated carbocycles. The van der Waals surface area contributed by atoms with Crippen LogP contribution in [0.5, 0.6) is 0 Å². The number of hydrogen-bond donors (Lipinski definition) is 0. The third-order valence-electron chi connectivity index (χ3n) is 5.76. The molecule has 0 atom stereocenters. The molecule has 0 fully saturated rings. The summed E-state index contributed by atoms with van der Waals surface area (Å²) in [4.78, 5) is 9.70. The maximum atomic E-state index is 6.24. The molecule has 0 radical (unpaired) electrons. The first-order chi connectivity index (χ1) is 15.8. The molecule has 0 aliphatic heterocycles. The van der Waals surface area contributed by atoms with Gasteiger partial charge in [-0.3, -0.25) is 0 Å². The van der Waals surface area contributed by atoms with E-state index in [4.69, 9.17) is 14.4 Å². The quantitative estimate of drug-likeness (QED) is 0.299. The van der Waals surface area contributed by atoms with Crippen LogP contribution < -0.4 is 0 Å². The van der Waals surface area contributed by atoms with Gasteiger partial charge < -0.3 is 4.42 Å². The number of aromatic nitrogens is 2. The first-order valence-corrected chi connectivity index (χ1v) is 10.7. The highest BCUT2D eigenvalue weighted by atomic mass is 16.3. The number of fused-ring (bicyclic) bond motifs is 3. The molecule has 0 amide bonds. The average molecular weight is 412 g/mol. The van der Waals surface area contributed by atoms with Crippen molar-refractivity contribution >= 4 is 21.9 Å². The molecule has 0 aliphatic carbocycles. The molecule has 152 valence electrons. The fourth-order valence-corrected chi connectivity index (χ4v) is 4.25. The molecule has 32 heavy (non-hydrogen) atoms. The maximum absolute atomic E-state index is 6.24. The van der Waals surface area contributed by atoms with Crippen LogP contribution in [0.2, 0.25) is 0 Å². The fourth-order valence-electron chi connectivity index (χ4n) is 4.25. The van der Waals surface area contributed by atoms with E-state index in [9.17, 15) is 0 Å². The van der Waals surface area contributed by atoms with Gasteiger partial charge in [-0.25, -0.2) is 9.97 Å².